The molecule has 0 saturated carbocycles. The Balaban J connectivity index is 1.09. The van der Waals surface area contributed by atoms with Crippen molar-refractivity contribution >= 4 is 49.8 Å². The minimum Gasteiger partial charge on any atom is -0.456 e. The molecule has 9 aromatic carbocycles. The third-order valence-corrected chi connectivity index (χ3v) is 10.5. The van der Waals surface area contributed by atoms with E-state index in [1.165, 1.54) is 44.2 Å². The Morgan fingerprint density at radius 2 is 0.741 bits per heavy atom. The summed E-state index contributed by atoms with van der Waals surface area (Å²) >= 11 is 0. The van der Waals surface area contributed by atoms with Gasteiger partial charge in [0.2, 0.25) is 0 Å². The van der Waals surface area contributed by atoms with Crippen molar-refractivity contribution in [3.63, 3.8) is 0 Å². The number of benzene rings is 9. The highest BCUT2D eigenvalue weighted by atomic mass is 16.3. The fraction of sp³-hybridized carbons (Fsp3) is 0. The first-order valence-corrected chi connectivity index (χ1v) is 18.4. The van der Waals surface area contributed by atoms with Crippen LogP contribution in [-0.4, -0.2) is 0 Å². The molecule has 1 heterocycles. The lowest BCUT2D eigenvalue weighted by Crippen LogP contribution is -2.09. The fourth-order valence-electron chi connectivity index (χ4n) is 7.71. The summed E-state index contributed by atoms with van der Waals surface area (Å²) in [5.41, 5.74) is 14.5. The van der Waals surface area contributed by atoms with E-state index in [9.17, 15) is 0 Å². The molecule has 0 bridgehead atoms. The van der Waals surface area contributed by atoms with E-state index in [1.54, 1.807) is 0 Å². The fourth-order valence-corrected chi connectivity index (χ4v) is 7.71. The summed E-state index contributed by atoms with van der Waals surface area (Å²) in [6.07, 6.45) is 0. The van der Waals surface area contributed by atoms with Crippen LogP contribution < -0.4 is 4.90 Å². The van der Waals surface area contributed by atoms with Gasteiger partial charge >= 0.3 is 0 Å². The van der Waals surface area contributed by atoms with E-state index >= 15 is 0 Å². The summed E-state index contributed by atoms with van der Waals surface area (Å²) in [5.74, 6) is 0. The smallest absolute Gasteiger partial charge is 0.136 e. The van der Waals surface area contributed by atoms with Crippen molar-refractivity contribution in [1.82, 2.24) is 0 Å². The Morgan fingerprint density at radius 3 is 1.35 bits per heavy atom. The number of fused-ring (bicyclic) bond motifs is 4. The number of hydrogen-bond donors (Lipinski definition) is 0. The van der Waals surface area contributed by atoms with E-state index in [0.29, 0.717) is 0 Å². The Hall–Kier alpha value is -7.16. The van der Waals surface area contributed by atoms with E-state index in [0.717, 1.165) is 50.1 Å². The van der Waals surface area contributed by atoms with Crippen LogP contribution in [0.1, 0.15) is 0 Å². The van der Waals surface area contributed by atoms with E-state index in [1.807, 2.05) is 12.1 Å². The second-order valence-electron chi connectivity index (χ2n) is 13.8. The van der Waals surface area contributed by atoms with Crippen LogP contribution >= 0.6 is 0 Å². The second kappa shape index (κ2) is 13.4. The molecule has 0 spiro atoms. The summed E-state index contributed by atoms with van der Waals surface area (Å²) in [6.45, 7) is 0. The molecule has 10 rings (SSSR count). The van der Waals surface area contributed by atoms with Gasteiger partial charge in [-0.15, -0.1) is 0 Å². The molecular formula is C52H35NO. The first-order chi connectivity index (χ1) is 26.7. The van der Waals surface area contributed by atoms with Crippen molar-refractivity contribution in [3.8, 4) is 44.5 Å². The second-order valence-corrected chi connectivity index (χ2v) is 13.8. The predicted octanol–water partition coefficient (Wildman–Crippen LogP) is 14.9. The third-order valence-electron chi connectivity index (χ3n) is 10.5. The maximum absolute atomic E-state index is 6.43. The topological polar surface area (TPSA) is 16.4 Å². The van der Waals surface area contributed by atoms with Gasteiger partial charge in [-0.3, -0.25) is 0 Å². The summed E-state index contributed by atoms with van der Waals surface area (Å²) in [7, 11) is 0. The molecular weight excluding hydrogens is 655 g/mol. The van der Waals surface area contributed by atoms with Crippen LogP contribution in [0.5, 0.6) is 0 Å². The Kier molecular flexibility index (Phi) is 7.85. The highest BCUT2D eigenvalue weighted by Gasteiger charge is 2.17. The summed E-state index contributed by atoms with van der Waals surface area (Å²) in [6, 6.07) is 75.9. The van der Waals surface area contributed by atoms with Gasteiger partial charge in [0.05, 0.1) is 0 Å². The molecule has 0 unspecified atom stereocenters. The van der Waals surface area contributed by atoms with Gasteiger partial charge in [-0.05, 0) is 116 Å². The summed E-state index contributed by atoms with van der Waals surface area (Å²) < 4.78 is 6.43. The molecule has 0 atom stereocenters. The molecule has 10 aromatic rings. The van der Waals surface area contributed by atoms with Crippen molar-refractivity contribution in [2.24, 2.45) is 0 Å². The number of nitrogens with zero attached hydrogens (tertiary/aromatic N) is 1. The van der Waals surface area contributed by atoms with Gasteiger partial charge in [0.1, 0.15) is 11.2 Å². The van der Waals surface area contributed by atoms with Crippen molar-refractivity contribution in [2.45, 2.75) is 0 Å². The average Bonchev–Trinajstić information content (AvgIpc) is 3.62. The molecule has 0 aliphatic rings. The number of para-hydroxylation sites is 1. The molecule has 254 valence electrons. The van der Waals surface area contributed by atoms with Crippen molar-refractivity contribution in [1.29, 1.82) is 0 Å². The first kappa shape index (κ1) is 31.6. The molecule has 0 saturated heterocycles. The van der Waals surface area contributed by atoms with Crippen LogP contribution in [0.2, 0.25) is 0 Å². The molecule has 2 heteroatoms. The van der Waals surface area contributed by atoms with Crippen LogP contribution in [0, 0.1) is 0 Å². The maximum Gasteiger partial charge on any atom is 0.136 e. The Labute approximate surface area is 314 Å². The zero-order valence-electron chi connectivity index (χ0n) is 29.6. The highest BCUT2D eigenvalue weighted by Crippen LogP contribution is 2.42. The lowest BCUT2D eigenvalue weighted by Gasteiger charge is -2.26. The largest absolute Gasteiger partial charge is 0.456 e. The third kappa shape index (κ3) is 5.81. The normalized spacial score (nSPS) is 11.3. The van der Waals surface area contributed by atoms with Crippen LogP contribution in [0.3, 0.4) is 0 Å². The average molecular weight is 690 g/mol. The SMILES string of the molecule is c1ccc(-c2ccc(N(c3ccc(-c4ccccc4)cc3)c3ccc(-c4cc5oc6ccccc6c5cc4-c4ccc5ccccc5c4)cc3)cc2)cc1. The van der Waals surface area contributed by atoms with Gasteiger partial charge in [-0.1, -0.05) is 152 Å². The molecule has 0 amide bonds. The Morgan fingerprint density at radius 1 is 0.278 bits per heavy atom. The van der Waals surface area contributed by atoms with Crippen LogP contribution in [-0.2, 0) is 0 Å². The zero-order chi connectivity index (χ0) is 35.8. The van der Waals surface area contributed by atoms with E-state index in [4.69, 9.17) is 4.42 Å². The lowest BCUT2D eigenvalue weighted by atomic mass is 9.91. The van der Waals surface area contributed by atoms with Gasteiger partial charge in [-0.2, -0.15) is 0 Å². The van der Waals surface area contributed by atoms with Crippen molar-refractivity contribution in [2.75, 3.05) is 4.90 Å². The van der Waals surface area contributed by atoms with Crippen molar-refractivity contribution in [3.05, 3.63) is 212 Å². The standard InChI is InChI=1S/C52H35NO/c1-3-11-36(12-4-1)39-21-27-44(28-22-39)53(45-29-23-40(24-30-45)37-13-5-2-6-14-37)46-31-25-41(26-32-46)49-35-52-50(47-17-9-10-18-51(47)54-52)34-48(49)43-20-19-38-15-7-8-16-42(38)33-43/h1-35H. The Bertz CT molecular complexity index is 2810. The van der Waals surface area contributed by atoms with E-state index < -0.39 is 0 Å². The lowest BCUT2D eigenvalue weighted by molar-refractivity contribution is 0.669. The molecule has 2 nitrogen and oxygen atoms in total. The van der Waals surface area contributed by atoms with Gasteiger partial charge in [-0.25, -0.2) is 0 Å². The van der Waals surface area contributed by atoms with Crippen LogP contribution in [0.25, 0.3) is 77.2 Å². The molecule has 0 aliphatic carbocycles. The van der Waals surface area contributed by atoms with Gasteiger partial charge in [0, 0.05) is 27.8 Å². The summed E-state index contributed by atoms with van der Waals surface area (Å²) in [4.78, 5) is 2.33. The van der Waals surface area contributed by atoms with Gasteiger partial charge < -0.3 is 9.32 Å². The number of hydrogen-bond acceptors (Lipinski definition) is 2. The minimum atomic E-state index is 0.887. The van der Waals surface area contributed by atoms with E-state index in [-0.39, 0.29) is 0 Å². The molecule has 0 fully saturated rings. The van der Waals surface area contributed by atoms with Crippen LogP contribution in [0.15, 0.2) is 217 Å². The number of anilines is 3. The molecule has 0 radical (unpaired) electrons. The molecule has 0 aliphatic heterocycles. The highest BCUT2D eigenvalue weighted by molar-refractivity contribution is 6.09. The summed E-state index contributed by atoms with van der Waals surface area (Å²) in [5, 5.41) is 4.71. The van der Waals surface area contributed by atoms with Gasteiger partial charge in [0.15, 0.2) is 0 Å². The van der Waals surface area contributed by atoms with E-state index in [2.05, 4.69) is 205 Å². The van der Waals surface area contributed by atoms with Crippen molar-refractivity contribution < 1.29 is 4.42 Å². The number of rotatable bonds is 7. The monoisotopic (exact) mass is 689 g/mol. The molecule has 54 heavy (non-hydrogen) atoms. The minimum absolute atomic E-state index is 0.887. The molecule has 1 aromatic heterocycles. The van der Waals surface area contributed by atoms with Crippen LogP contribution in [0.4, 0.5) is 17.1 Å². The quantitative estimate of drug-likeness (QED) is 0.166. The molecule has 0 N–H and O–H groups in total. The predicted molar refractivity (Wildman–Crippen MR) is 228 cm³/mol. The maximum atomic E-state index is 6.43. The number of furan rings is 1. The first-order valence-electron chi connectivity index (χ1n) is 18.4. The van der Waals surface area contributed by atoms with Gasteiger partial charge in [0.25, 0.3) is 0 Å². The zero-order valence-corrected chi connectivity index (χ0v) is 29.6.